The molecule has 5 atom stereocenters. The molecule has 0 aliphatic carbocycles. The maximum absolute atomic E-state index is 15.1. The number of nitrogens with one attached hydrogen (secondary N) is 1. The van der Waals surface area contributed by atoms with Gasteiger partial charge in [-0.3, -0.25) is 29.4 Å². The fourth-order valence-corrected chi connectivity index (χ4v) is 12.9. The zero-order chi connectivity index (χ0) is 39.6. The lowest BCUT2D eigenvalue weighted by Gasteiger charge is -2.39. The summed E-state index contributed by atoms with van der Waals surface area (Å²) in [5, 5.41) is 25.4. The molecule has 0 bridgehead atoms. The highest BCUT2D eigenvalue weighted by atomic mass is 28.4. The van der Waals surface area contributed by atoms with E-state index in [1.54, 1.807) is 29.0 Å². The molecule has 3 aromatic carbocycles. The number of likely N-dealkylation sites (tertiary alicyclic amines) is 1. The Bertz CT molecular complexity index is 2040. The third-order valence-electron chi connectivity index (χ3n) is 13.0. The van der Waals surface area contributed by atoms with Crippen molar-refractivity contribution in [2.24, 2.45) is 5.92 Å². The standard InChI is InChI=1S/C41H50N6O8Si/c1-27-37(56(2,3)54)35(23-36(49)43-20-8-13-32(43)25-48)55-41(27)33-22-31(47(52)53)14-15-34(33)44(39(41)51)24-28-9-7-12-30(21-28)45-26-46(29-10-5-4-6-11-29)40(38(45)50)16-18-42-19-17-40/h4-7,9-12,14-15,21-22,27,32,35,37,42,48,54H,8,13,16-20,23-26H2,1-3H3/t27-,32-,35+,37-,41+/m0/s1. The number of nitro benzene ring substituents is 1. The van der Waals surface area contributed by atoms with Gasteiger partial charge in [-0.15, -0.1) is 0 Å². The normalized spacial score (nSPS) is 27.2. The van der Waals surface area contributed by atoms with E-state index in [0.717, 1.165) is 30.8 Å². The number of amides is 3. The quantitative estimate of drug-likeness (QED) is 0.162. The van der Waals surface area contributed by atoms with Crippen molar-refractivity contribution in [1.82, 2.24) is 10.2 Å². The van der Waals surface area contributed by atoms with E-state index in [9.17, 15) is 29.6 Å². The van der Waals surface area contributed by atoms with Gasteiger partial charge in [-0.25, -0.2) is 0 Å². The lowest BCUT2D eigenvalue weighted by molar-refractivity contribution is -0.385. The van der Waals surface area contributed by atoms with E-state index in [-0.39, 0.29) is 43.1 Å². The fourth-order valence-electron chi connectivity index (χ4n) is 10.4. The molecule has 14 nitrogen and oxygen atoms in total. The van der Waals surface area contributed by atoms with E-state index in [2.05, 4.69) is 10.2 Å². The van der Waals surface area contributed by atoms with Crippen LogP contribution in [0, 0.1) is 16.0 Å². The Morgan fingerprint density at radius 1 is 1.02 bits per heavy atom. The van der Waals surface area contributed by atoms with Gasteiger partial charge in [0.25, 0.3) is 17.5 Å². The summed E-state index contributed by atoms with van der Waals surface area (Å²) >= 11 is 0. The van der Waals surface area contributed by atoms with Gasteiger partial charge in [-0.2, -0.15) is 0 Å². The highest BCUT2D eigenvalue weighted by molar-refractivity contribution is 6.71. The van der Waals surface area contributed by atoms with Crippen LogP contribution in [0.25, 0.3) is 0 Å². The number of fused-ring (bicyclic) bond motifs is 2. The number of anilines is 3. The number of aliphatic hydroxyl groups is 1. The van der Waals surface area contributed by atoms with Gasteiger partial charge < -0.3 is 34.7 Å². The number of carbonyl (C=O) groups excluding carboxylic acids is 3. The van der Waals surface area contributed by atoms with Crippen LogP contribution in [0.4, 0.5) is 22.7 Å². The number of aliphatic hydroxyl groups excluding tert-OH is 1. The molecule has 4 fully saturated rings. The highest BCUT2D eigenvalue weighted by Crippen LogP contribution is 2.60. The number of para-hydroxylation sites is 1. The number of hydrogen-bond donors (Lipinski definition) is 3. The van der Waals surface area contributed by atoms with Gasteiger partial charge in [0.2, 0.25) is 5.91 Å². The lowest BCUT2D eigenvalue weighted by atomic mass is 9.82. The first-order chi connectivity index (χ1) is 26.8. The van der Waals surface area contributed by atoms with Crippen molar-refractivity contribution in [3.63, 3.8) is 0 Å². The van der Waals surface area contributed by atoms with E-state index in [0.29, 0.717) is 49.4 Å². The molecule has 15 heteroatoms. The van der Waals surface area contributed by atoms with Gasteiger partial charge in [0.05, 0.1) is 49.0 Å². The average Bonchev–Trinajstić information content (AvgIpc) is 3.91. The number of nitrogens with zero attached hydrogens (tertiary/aromatic N) is 5. The molecule has 2 spiro atoms. The van der Waals surface area contributed by atoms with E-state index in [1.165, 1.54) is 12.1 Å². The van der Waals surface area contributed by atoms with Crippen LogP contribution in [-0.4, -0.2) is 96.4 Å². The van der Waals surface area contributed by atoms with Gasteiger partial charge >= 0.3 is 0 Å². The van der Waals surface area contributed by atoms with Gasteiger partial charge in [0.1, 0.15) is 5.54 Å². The lowest BCUT2D eigenvalue weighted by Crippen LogP contribution is -2.55. The van der Waals surface area contributed by atoms with Gasteiger partial charge in [0, 0.05) is 47.1 Å². The summed E-state index contributed by atoms with van der Waals surface area (Å²) in [7, 11) is -3.13. The number of ether oxygens (including phenoxy) is 1. The molecule has 296 valence electrons. The summed E-state index contributed by atoms with van der Waals surface area (Å²) in [5.74, 6) is -1.23. The maximum atomic E-state index is 15.1. The van der Waals surface area contributed by atoms with Crippen LogP contribution < -0.4 is 20.0 Å². The van der Waals surface area contributed by atoms with E-state index in [1.807, 2.05) is 66.4 Å². The third kappa shape index (κ3) is 6.11. The molecule has 0 aromatic heterocycles. The summed E-state index contributed by atoms with van der Waals surface area (Å²) in [5.41, 5.74) is 0.102. The van der Waals surface area contributed by atoms with Crippen LogP contribution in [0.2, 0.25) is 18.6 Å². The predicted molar refractivity (Wildman–Crippen MR) is 212 cm³/mol. The highest BCUT2D eigenvalue weighted by Gasteiger charge is 2.67. The molecule has 8 rings (SSSR count). The fraction of sp³-hybridized carbons (Fsp3) is 0.488. The first-order valence-corrected chi connectivity index (χ1v) is 22.7. The zero-order valence-electron chi connectivity index (χ0n) is 32.1. The molecule has 3 amide bonds. The summed E-state index contributed by atoms with van der Waals surface area (Å²) in [6.45, 7) is 7.65. The van der Waals surface area contributed by atoms with Crippen LogP contribution in [0.3, 0.4) is 0 Å². The Morgan fingerprint density at radius 2 is 1.75 bits per heavy atom. The van der Waals surface area contributed by atoms with Crippen molar-refractivity contribution in [3.8, 4) is 0 Å². The SMILES string of the molecule is C[C@H]1[C@H]([Si](C)(C)O)[C@@H](CC(=O)N2CCC[C@H]2CO)O[C@]12C(=O)N(Cc1cccc(N3CN(c4ccccc4)C4(CCNCC4)C3=O)c1)c1ccc([N+](=O)[O-])cc12. The number of benzene rings is 3. The largest absolute Gasteiger partial charge is 0.432 e. The Kier molecular flexibility index (Phi) is 9.80. The van der Waals surface area contributed by atoms with Crippen molar-refractivity contribution < 1.29 is 33.9 Å². The van der Waals surface area contributed by atoms with Crippen LogP contribution in [-0.2, 0) is 31.3 Å². The zero-order valence-corrected chi connectivity index (χ0v) is 33.1. The molecule has 3 aromatic rings. The minimum absolute atomic E-state index is 0.0312. The number of hydrogen-bond acceptors (Lipinski definition) is 10. The summed E-state index contributed by atoms with van der Waals surface area (Å²) in [6.07, 6.45) is 1.88. The van der Waals surface area contributed by atoms with E-state index >= 15 is 4.79 Å². The number of piperidine rings is 1. The molecule has 0 radical (unpaired) electrons. The molecule has 0 saturated carbocycles. The molecular formula is C41H50N6O8Si. The minimum Gasteiger partial charge on any atom is -0.432 e. The minimum atomic E-state index is -3.13. The van der Waals surface area contributed by atoms with Crippen LogP contribution in [0.5, 0.6) is 0 Å². The second-order valence-corrected chi connectivity index (χ2v) is 20.5. The summed E-state index contributed by atoms with van der Waals surface area (Å²) in [4.78, 5) is 73.9. The molecular weight excluding hydrogens is 733 g/mol. The van der Waals surface area contributed by atoms with Crippen LogP contribution in [0.1, 0.15) is 50.2 Å². The third-order valence-corrected chi connectivity index (χ3v) is 15.5. The Balaban J connectivity index is 1.13. The van der Waals surface area contributed by atoms with Crippen molar-refractivity contribution in [3.05, 3.63) is 94.0 Å². The van der Waals surface area contributed by atoms with Crippen molar-refractivity contribution in [2.45, 2.75) is 87.5 Å². The average molecular weight is 783 g/mol. The number of carbonyl (C=O) groups is 3. The van der Waals surface area contributed by atoms with Crippen molar-refractivity contribution in [1.29, 1.82) is 0 Å². The van der Waals surface area contributed by atoms with Gasteiger partial charge in [0.15, 0.2) is 13.9 Å². The monoisotopic (exact) mass is 782 g/mol. The second-order valence-electron chi connectivity index (χ2n) is 16.6. The molecule has 5 heterocycles. The van der Waals surface area contributed by atoms with Crippen molar-refractivity contribution >= 4 is 48.8 Å². The predicted octanol–water partition coefficient (Wildman–Crippen LogP) is 4.25. The maximum Gasteiger partial charge on any atom is 0.269 e. The Morgan fingerprint density at radius 3 is 2.45 bits per heavy atom. The van der Waals surface area contributed by atoms with E-state index < -0.39 is 47.9 Å². The molecule has 56 heavy (non-hydrogen) atoms. The summed E-state index contributed by atoms with van der Waals surface area (Å²) < 4.78 is 6.83. The Labute approximate surface area is 327 Å². The number of non-ortho nitro benzene ring substituents is 1. The van der Waals surface area contributed by atoms with E-state index in [4.69, 9.17) is 4.74 Å². The topological polar surface area (TPSA) is 169 Å². The second kappa shape index (κ2) is 14.4. The molecule has 5 aliphatic rings. The first kappa shape index (κ1) is 38.2. The molecule has 3 N–H and O–H groups in total. The van der Waals surface area contributed by atoms with Crippen LogP contribution >= 0.6 is 0 Å². The first-order valence-electron chi connectivity index (χ1n) is 19.7. The van der Waals surface area contributed by atoms with Gasteiger partial charge in [-0.05, 0) is 87.8 Å². The smallest absolute Gasteiger partial charge is 0.269 e. The Hall–Kier alpha value is -4.67. The number of rotatable bonds is 9. The molecule has 5 aliphatic heterocycles. The summed E-state index contributed by atoms with van der Waals surface area (Å²) in [6, 6.07) is 21.6. The number of nitro groups is 1. The molecule has 0 unspecified atom stereocenters. The van der Waals surface area contributed by atoms with Crippen LogP contribution in [0.15, 0.2) is 72.8 Å². The van der Waals surface area contributed by atoms with Crippen molar-refractivity contribution in [2.75, 3.05) is 47.6 Å². The van der Waals surface area contributed by atoms with Gasteiger partial charge in [-0.1, -0.05) is 37.3 Å². The molecule has 4 saturated heterocycles.